The SMILES string of the molecule is CC(C)C[C@H](O)[C@H]1C(=O)OC[C@@H]1CO. The summed E-state index contributed by atoms with van der Waals surface area (Å²) >= 11 is 0. The molecule has 14 heavy (non-hydrogen) atoms. The molecule has 3 atom stereocenters. The van der Waals surface area contributed by atoms with Crippen molar-refractivity contribution in [2.24, 2.45) is 17.8 Å². The van der Waals surface area contributed by atoms with Gasteiger partial charge in [0.25, 0.3) is 0 Å². The molecular formula is C10H18O4. The highest BCUT2D eigenvalue weighted by atomic mass is 16.5. The van der Waals surface area contributed by atoms with E-state index in [-0.39, 0.29) is 25.1 Å². The van der Waals surface area contributed by atoms with E-state index < -0.39 is 12.0 Å². The van der Waals surface area contributed by atoms with E-state index in [1.54, 1.807) is 0 Å². The average molecular weight is 202 g/mol. The Morgan fingerprint density at radius 3 is 2.71 bits per heavy atom. The van der Waals surface area contributed by atoms with Gasteiger partial charge < -0.3 is 14.9 Å². The summed E-state index contributed by atoms with van der Waals surface area (Å²) in [6.07, 6.45) is -0.127. The fraction of sp³-hybridized carbons (Fsp3) is 0.900. The summed E-state index contributed by atoms with van der Waals surface area (Å²) in [6.45, 7) is 4.09. The number of carbonyl (C=O) groups is 1. The summed E-state index contributed by atoms with van der Waals surface area (Å²) in [6, 6.07) is 0. The topological polar surface area (TPSA) is 66.8 Å². The number of hydrogen-bond donors (Lipinski definition) is 2. The van der Waals surface area contributed by atoms with Gasteiger partial charge in [-0.3, -0.25) is 4.79 Å². The van der Waals surface area contributed by atoms with E-state index in [2.05, 4.69) is 0 Å². The predicted octanol–water partition coefficient (Wildman–Crippen LogP) is 0.175. The summed E-state index contributed by atoms with van der Waals surface area (Å²) in [4.78, 5) is 11.3. The van der Waals surface area contributed by atoms with Crippen molar-refractivity contribution in [1.29, 1.82) is 0 Å². The van der Waals surface area contributed by atoms with Crippen molar-refractivity contribution in [2.45, 2.75) is 26.4 Å². The molecule has 0 aromatic carbocycles. The van der Waals surface area contributed by atoms with Gasteiger partial charge in [0.05, 0.1) is 25.2 Å². The Morgan fingerprint density at radius 1 is 1.57 bits per heavy atom. The molecule has 2 N–H and O–H groups in total. The first kappa shape index (κ1) is 11.5. The molecule has 82 valence electrons. The molecule has 0 bridgehead atoms. The number of esters is 1. The minimum absolute atomic E-state index is 0.106. The molecule has 4 nitrogen and oxygen atoms in total. The van der Waals surface area contributed by atoms with E-state index in [0.717, 1.165) is 0 Å². The van der Waals surface area contributed by atoms with Gasteiger partial charge in [0.1, 0.15) is 0 Å². The molecule has 1 rings (SSSR count). The Morgan fingerprint density at radius 2 is 2.21 bits per heavy atom. The fourth-order valence-electron chi connectivity index (χ4n) is 1.85. The second-order valence-electron chi connectivity index (χ2n) is 4.30. The summed E-state index contributed by atoms with van der Waals surface area (Å²) in [5.41, 5.74) is 0. The van der Waals surface area contributed by atoms with E-state index in [1.807, 2.05) is 13.8 Å². The van der Waals surface area contributed by atoms with Gasteiger partial charge in [-0.05, 0) is 12.3 Å². The van der Waals surface area contributed by atoms with E-state index >= 15 is 0 Å². The van der Waals surface area contributed by atoms with Crippen LogP contribution < -0.4 is 0 Å². The van der Waals surface area contributed by atoms with E-state index in [9.17, 15) is 9.90 Å². The summed E-state index contributed by atoms with van der Waals surface area (Å²) in [5.74, 6) is -0.825. The van der Waals surface area contributed by atoms with Crippen LogP contribution in [0.4, 0.5) is 0 Å². The van der Waals surface area contributed by atoms with Crippen LogP contribution in [0.2, 0.25) is 0 Å². The lowest BCUT2D eigenvalue weighted by Crippen LogP contribution is -2.32. The molecule has 0 aliphatic carbocycles. The van der Waals surface area contributed by atoms with Crippen LogP contribution in [0.5, 0.6) is 0 Å². The molecule has 0 aromatic heterocycles. The standard InChI is InChI=1S/C10H18O4/c1-6(2)3-8(12)9-7(4-11)5-14-10(9)13/h6-9,11-12H,3-5H2,1-2H3/t7-,8-,9-/m0/s1. The van der Waals surface area contributed by atoms with Crippen LogP contribution in [-0.4, -0.2) is 35.5 Å². The lowest BCUT2D eigenvalue weighted by Gasteiger charge is -2.20. The first-order chi connectivity index (χ1) is 6.56. The zero-order chi connectivity index (χ0) is 10.7. The van der Waals surface area contributed by atoms with Crippen molar-refractivity contribution in [1.82, 2.24) is 0 Å². The number of carbonyl (C=O) groups excluding carboxylic acids is 1. The van der Waals surface area contributed by atoms with Gasteiger partial charge in [-0.25, -0.2) is 0 Å². The van der Waals surface area contributed by atoms with Gasteiger partial charge in [0.2, 0.25) is 0 Å². The Balaban J connectivity index is 2.58. The van der Waals surface area contributed by atoms with Crippen LogP contribution >= 0.6 is 0 Å². The number of rotatable bonds is 4. The lowest BCUT2D eigenvalue weighted by molar-refractivity contribution is -0.144. The van der Waals surface area contributed by atoms with Gasteiger partial charge in [-0.2, -0.15) is 0 Å². The Kier molecular flexibility index (Phi) is 3.89. The first-order valence-electron chi connectivity index (χ1n) is 5.01. The minimum Gasteiger partial charge on any atom is -0.465 e. The number of hydrogen-bond acceptors (Lipinski definition) is 4. The second-order valence-corrected chi connectivity index (χ2v) is 4.30. The smallest absolute Gasteiger partial charge is 0.312 e. The third-order valence-corrected chi connectivity index (χ3v) is 2.58. The Labute approximate surface area is 83.9 Å². The van der Waals surface area contributed by atoms with Crippen LogP contribution in [0.15, 0.2) is 0 Å². The maximum atomic E-state index is 11.3. The van der Waals surface area contributed by atoms with Gasteiger partial charge in [-0.1, -0.05) is 13.8 Å². The second kappa shape index (κ2) is 4.75. The fourth-order valence-corrected chi connectivity index (χ4v) is 1.85. The van der Waals surface area contributed by atoms with Crippen molar-refractivity contribution in [3.63, 3.8) is 0 Å². The van der Waals surface area contributed by atoms with E-state index in [4.69, 9.17) is 9.84 Å². The van der Waals surface area contributed by atoms with Crippen molar-refractivity contribution in [2.75, 3.05) is 13.2 Å². The molecule has 0 unspecified atom stereocenters. The van der Waals surface area contributed by atoms with Crippen molar-refractivity contribution in [3.8, 4) is 0 Å². The average Bonchev–Trinajstić information content (AvgIpc) is 2.45. The molecule has 0 radical (unpaired) electrons. The van der Waals surface area contributed by atoms with Gasteiger partial charge in [-0.15, -0.1) is 0 Å². The first-order valence-corrected chi connectivity index (χ1v) is 5.01. The lowest BCUT2D eigenvalue weighted by atomic mass is 9.86. The molecule has 0 spiro atoms. The molecule has 0 saturated carbocycles. The van der Waals surface area contributed by atoms with Gasteiger partial charge in [0, 0.05) is 5.92 Å². The number of aliphatic hydroxyl groups excluding tert-OH is 2. The molecular weight excluding hydrogens is 184 g/mol. The van der Waals surface area contributed by atoms with Crippen LogP contribution in [0.3, 0.4) is 0 Å². The maximum Gasteiger partial charge on any atom is 0.312 e. The third-order valence-electron chi connectivity index (χ3n) is 2.58. The largest absolute Gasteiger partial charge is 0.465 e. The van der Waals surface area contributed by atoms with Crippen LogP contribution in [-0.2, 0) is 9.53 Å². The minimum atomic E-state index is -0.692. The zero-order valence-electron chi connectivity index (χ0n) is 8.64. The highest BCUT2D eigenvalue weighted by Crippen LogP contribution is 2.27. The van der Waals surface area contributed by atoms with Crippen molar-refractivity contribution in [3.05, 3.63) is 0 Å². The normalized spacial score (nSPS) is 29.4. The molecule has 1 aliphatic heterocycles. The number of cyclic esters (lactones) is 1. The number of aliphatic hydroxyl groups is 2. The van der Waals surface area contributed by atoms with E-state index in [0.29, 0.717) is 12.3 Å². The summed E-state index contributed by atoms with van der Waals surface area (Å²) < 4.78 is 4.81. The van der Waals surface area contributed by atoms with Crippen LogP contribution in [0, 0.1) is 17.8 Å². The molecule has 0 aromatic rings. The Bertz CT molecular complexity index is 202. The maximum absolute atomic E-state index is 11.3. The molecule has 4 heteroatoms. The highest BCUT2D eigenvalue weighted by molar-refractivity contribution is 5.75. The Hall–Kier alpha value is -0.610. The third kappa shape index (κ3) is 2.45. The molecule has 1 heterocycles. The molecule has 1 fully saturated rings. The molecule has 1 aliphatic rings. The molecule has 0 amide bonds. The van der Waals surface area contributed by atoms with Gasteiger partial charge in [0.15, 0.2) is 0 Å². The monoisotopic (exact) mass is 202 g/mol. The van der Waals surface area contributed by atoms with Crippen molar-refractivity contribution >= 4 is 5.97 Å². The quantitative estimate of drug-likeness (QED) is 0.638. The number of ether oxygens (including phenoxy) is 1. The molecule has 1 saturated heterocycles. The highest BCUT2D eigenvalue weighted by Gasteiger charge is 2.41. The zero-order valence-corrected chi connectivity index (χ0v) is 8.64. The summed E-state index contributed by atoms with van der Waals surface area (Å²) in [5, 5.41) is 18.8. The summed E-state index contributed by atoms with van der Waals surface area (Å²) in [7, 11) is 0. The van der Waals surface area contributed by atoms with Crippen LogP contribution in [0.1, 0.15) is 20.3 Å². The van der Waals surface area contributed by atoms with Crippen LogP contribution in [0.25, 0.3) is 0 Å². The van der Waals surface area contributed by atoms with Crippen molar-refractivity contribution < 1.29 is 19.7 Å². The van der Waals surface area contributed by atoms with E-state index in [1.165, 1.54) is 0 Å². The predicted molar refractivity (Wildman–Crippen MR) is 50.5 cm³/mol. The van der Waals surface area contributed by atoms with Gasteiger partial charge >= 0.3 is 5.97 Å².